The van der Waals surface area contributed by atoms with Crippen LogP contribution in [-0.2, 0) is 0 Å². The van der Waals surface area contributed by atoms with E-state index in [-0.39, 0.29) is 23.7 Å². The summed E-state index contributed by atoms with van der Waals surface area (Å²) in [4.78, 5) is 12.9. The minimum absolute atomic E-state index is 0.121. The van der Waals surface area contributed by atoms with Crippen LogP contribution >= 0.6 is 0 Å². The van der Waals surface area contributed by atoms with Crippen LogP contribution in [0.3, 0.4) is 0 Å². The highest BCUT2D eigenvalue weighted by atomic mass is 19.1. The van der Waals surface area contributed by atoms with Gasteiger partial charge in [0.25, 0.3) is 0 Å². The summed E-state index contributed by atoms with van der Waals surface area (Å²) in [6.45, 7) is 1.89. The zero-order valence-electron chi connectivity index (χ0n) is 16.8. The maximum Gasteiger partial charge on any atom is 0.319 e. The first-order valence-electron chi connectivity index (χ1n) is 9.64. The SMILES string of the molecule is COc1ncc(-c2cc([C@H]3C[C@@H]3c3ccc(C)cc3F)c3nccn3n2)c(OC)n1. The van der Waals surface area contributed by atoms with E-state index in [9.17, 15) is 4.39 Å². The average molecular weight is 405 g/mol. The lowest BCUT2D eigenvalue weighted by molar-refractivity contribution is 0.353. The summed E-state index contributed by atoms with van der Waals surface area (Å²) in [6, 6.07) is 7.63. The summed E-state index contributed by atoms with van der Waals surface area (Å²) in [5.74, 6) is 0.507. The number of hydrogen-bond donors (Lipinski definition) is 0. The summed E-state index contributed by atoms with van der Waals surface area (Å²) >= 11 is 0. The van der Waals surface area contributed by atoms with Gasteiger partial charge in [-0.15, -0.1) is 0 Å². The minimum Gasteiger partial charge on any atom is -0.480 e. The molecule has 1 fully saturated rings. The Morgan fingerprint density at radius 1 is 1.07 bits per heavy atom. The van der Waals surface area contributed by atoms with Gasteiger partial charge in [0.05, 0.1) is 25.5 Å². The number of benzene rings is 1. The van der Waals surface area contributed by atoms with Crippen molar-refractivity contribution in [3.05, 3.63) is 65.4 Å². The quantitative estimate of drug-likeness (QED) is 0.501. The maximum absolute atomic E-state index is 14.5. The molecule has 30 heavy (non-hydrogen) atoms. The van der Waals surface area contributed by atoms with Gasteiger partial charge in [0.15, 0.2) is 5.65 Å². The average Bonchev–Trinajstić information content (AvgIpc) is 3.39. The van der Waals surface area contributed by atoms with E-state index in [1.54, 1.807) is 36.3 Å². The van der Waals surface area contributed by atoms with Crippen molar-refractivity contribution >= 4 is 5.65 Å². The molecule has 7 nitrogen and oxygen atoms in total. The van der Waals surface area contributed by atoms with E-state index < -0.39 is 0 Å². The van der Waals surface area contributed by atoms with Gasteiger partial charge in [-0.3, -0.25) is 0 Å². The van der Waals surface area contributed by atoms with Crippen LogP contribution in [0.4, 0.5) is 4.39 Å². The molecule has 4 aromatic rings. The highest BCUT2D eigenvalue weighted by molar-refractivity contribution is 5.68. The zero-order chi connectivity index (χ0) is 20.8. The highest BCUT2D eigenvalue weighted by Crippen LogP contribution is 2.56. The molecule has 0 unspecified atom stereocenters. The molecule has 3 aromatic heterocycles. The highest BCUT2D eigenvalue weighted by Gasteiger charge is 2.42. The number of nitrogens with zero attached hydrogens (tertiary/aromatic N) is 5. The van der Waals surface area contributed by atoms with E-state index in [1.165, 1.54) is 7.11 Å². The van der Waals surface area contributed by atoms with Crippen LogP contribution in [-0.4, -0.2) is 38.8 Å². The Hall–Kier alpha value is -3.55. The number of aryl methyl sites for hydroxylation is 1. The number of fused-ring (bicyclic) bond motifs is 1. The van der Waals surface area contributed by atoms with Gasteiger partial charge in [-0.1, -0.05) is 12.1 Å². The molecule has 0 radical (unpaired) electrons. The monoisotopic (exact) mass is 405 g/mol. The van der Waals surface area contributed by atoms with E-state index in [1.807, 2.05) is 25.1 Å². The number of hydrogen-bond acceptors (Lipinski definition) is 6. The Kier molecular flexibility index (Phi) is 4.34. The molecule has 3 heterocycles. The fourth-order valence-corrected chi connectivity index (χ4v) is 3.94. The second-order valence-electron chi connectivity index (χ2n) is 7.43. The van der Waals surface area contributed by atoms with Crippen molar-refractivity contribution in [1.29, 1.82) is 0 Å². The van der Waals surface area contributed by atoms with Gasteiger partial charge in [0.2, 0.25) is 5.88 Å². The van der Waals surface area contributed by atoms with Crippen LogP contribution in [0.1, 0.15) is 34.9 Å². The summed E-state index contributed by atoms with van der Waals surface area (Å²) in [7, 11) is 3.04. The molecule has 152 valence electrons. The third-order valence-electron chi connectivity index (χ3n) is 5.52. The number of ether oxygens (including phenoxy) is 2. The largest absolute Gasteiger partial charge is 0.480 e. The number of halogens is 1. The summed E-state index contributed by atoms with van der Waals surface area (Å²) in [6.07, 6.45) is 6.00. The molecule has 1 aliphatic carbocycles. The molecule has 0 amide bonds. The molecule has 0 bridgehead atoms. The van der Waals surface area contributed by atoms with Crippen molar-refractivity contribution in [2.24, 2.45) is 0 Å². The van der Waals surface area contributed by atoms with Gasteiger partial charge in [0.1, 0.15) is 5.82 Å². The predicted molar refractivity (Wildman–Crippen MR) is 108 cm³/mol. The topological polar surface area (TPSA) is 74.4 Å². The van der Waals surface area contributed by atoms with Gasteiger partial charge >= 0.3 is 6.01 Å². The lowest BCUT2D eigenvalue weighted by Gasteiger charge is -2.11. The molecule has 0 aliphatic heterocycles. The number of imidazole rings is 1. The Morgan fingerprint density at radius 3 is 2.67 bits per heavy atom. The Labute approximate surface area is 172 Å². The second kappa shape index (κ2) is 7.05. The Bertz CT molecular complexity index is 1260. The molecule has 1 aliphatic rings. The first kappa shape index (κ1) is 18.5. The first-order valence-corrected chi connectivity index (χ1v) is 9.64. The molecule has 0 N–H and O–H groups in total. The minimum atomic E-state index is -0.152. The van der Waals surface area contributed by atoms with Crippen molar-refractivity contribution < 1.29 is 13.9 Å². The van der Waals surface area contributed by atoms with Crippen LogP contribution in [0, 0.1) is 12.7 Å². The van der Waals surface area contributed by atoms with Crippen molar-refractivity contribution in [3.8, 4) is 23.1 Å². The molecule has 0 spiro atoms. The van der Waals surface area contributed by atoms with Gasteiger partial charge in [-0.2, -0.15) is 10.1 Å². The summed E-state index contributed by atoms with van der Waals surface area (Å²) in [5, 5.41) is 4.65. The van der Waals surface area contributed by atoms with E-state index >= 15 is 0 Å². The second-order valence-corrected chi connectivity index (χ2v) is 7.43. The summed E-state index contributed by atoms with van der Waals surface area (Å²) < 4.78 is 26.8. The molecular weight excluding hydrogens is 385 g/mol. The number of rotatable bonds is 5. The molecule has 1 saturated carbocycles. The van der Waals surface area contributed by atoms with E-state index in [0.717, 1.165) is 28.8 Å². The first-order chi connectivity index (χ1) is 14.6. The van der Waals surface area contributed by atoms with Crippen molar-refractivity contribution in [2.45, 2.75) is 25.2 Å². The normalized spacial score (nSPS) is 17.9. The van der Waals surface area contributed by atoms with Gasteiger partial charge in [0, 0.05) is 24.2 Å². The lowest BCUT2D eigenvalue weighted by Crippen LogP contribution is -2.02. The number of aromatic nitrogens is 5. The van der Waals surface area contributed by atoms with Crippen molar-refractivity contribution in [3.63, 3.8) is 0 Å². The third kappa shape index (κ3) is 3.04. The van der Waals surface area contributed by atoms with E-state index in [4.69, 9.17) is 9.47 Å². The van der Waals surface area contributed by atoms with Crippen LogP contribution in [0.2, 0.25) is 0 Å². The Balaban J connectivity index is 1.58. The van der Waals surface area contributed by atoms with Crippen LogP contribution < -0.4 is 9.47 Å². The van der Waals surface area contributed by atoms with Gasteiger partial charge in [-0.25, -0.2) is 18.9 Å². The number of methoxy groups -OCH3 is 2. The predicted octanol–water partition coefficient (Wildman–Crippen LogP) is 3.92. The molecule has 1 aromatic carbocycles. The van der Waals surface area contributed by atoms with Crippen LogP contribution in [0.15, 0.2) is 42.9 Å². The molecule has 8 heteroatoms. The standard InChI is InChI=1S/C22H20FN5O2/c1-12-4-5-13(18(23)8-12)14-9-15(14)16-10-19(27-28-7-6-24-20(16)28)17-11-25-22(30-3)26-21(17)29-2/h4-8,10-11,14-15H,9H2,1-3H3/t14-,15+/m1/s1. The van der Waals surface area contributed by atoms with Crippen LogP contribution in [0.25, 0.3) is 16.9 Å². The van der Waals surface area contributed by atoms with Gasteiger partial charge < -0.3 is 9.47 Å². The molecular formula is C22H20FN5O2. The summed E-state index contributed by atoms with van der Waals surface area (Å²) in [5.41, 5.74) is 4.76. The fraction of sp³-hybridized carbons (Fsp3) is 0.273. The molecule has 0 saturated heterocycles. The molecule has 2 atom stereocenters. The Morgan fingerprint density at radius 2 is 1.90 bits per heavy atom. The van der Waals surface area contributed by atoms with Crippen molar-refractivity contribution in [1.82, 2.24) is 24.6 Å². The maximum atomic E-state index is 14.5. The van der Waals surface area contributed by atoms with Crippen LogP contribution in [0.5, 0.6) is 11.9 Å². The van der Waals surface area contributed by atoms with E-state index in [0.29, 0.717) is 17.1 Å². The fourth-order valence-electron chi connectivity index (χ4n) is 3.94. The van der Waals surface area contributed by atoms with Gasteiger partial charge in [-0.05, 0) is 48.4 Å². The third-order valence-corrected chi connectivity index (χ3v) is 5.52. The zero-order valence-corrected chi connectivity index (χ0v) is 16.8. The molecule has 5 rings (SSSR count). The van der Waals surface area contributed by atoms with E-state index in [2.05, 4.69) is 20.1 Å². The smallest absolute Gasteiger partial charge is 0.319 e. The lowest BCUT2D eigenvalue weighted by atomic mass is 10.0. The van der Waals surface area contributed by atoms with Crippen molar-refractivity contribution in [2.75, 3.05) is 14.2 Å².